The molecule has 0 bridgehead atoms. The van der Waals surface area contributed by atoms with E-state index in [4.69, 9.17) is 0 Å². The summed E-state index contributed by atoms with van der Waals surface area (Å²) in [6.45, 7) is 4.00. The summed E-state index contributed by atoms with van der Waals surface area (Å²) in [5, 5.41) is 0. The molecule has 0 unspecified atom stereocenters. The number of hydrogen-bond donors (Lipinski definition) is 0. The third-order valence-electron chi connectivity index (χ3n) is 0. The molecule has 0 aromatic carbocycles. The Morgan fingerprint density at radius 1 is 0.800 bits per heavy atom. The summed E-state index contributed by atoms with van der Waals surface area (Å²) in [7, 11) is 0. The minimum Gasteiger partial charge on any atom is -2.00 e. The summed E-state index contributed by atoms with van der Waals surface area (Å²) in [5.74, 6) is 0. The molecule has 0 saturated carbocycles. The summed E-state index contributed by atoms with van der Waals surface area (Å²) < 4.78 is 0. The molecule has 0 aromatic rings. The van der Waals surface area contributed by atoms with E-state index in [0.717, 1.165) is 0 Å². The van der Waals surface area contributed by atoms with Gasteiger partial charge in [-0.2, -0.15) is 0 Å². The van der Waals surface area contributed by atoms with E-state index in [-0.39, 0.29) is 32.7 Å². The van der Waals surface area contributed by atoms with E-state index in [1.54, 1.807) is 0 Å². The Kier molecular flexibility index (Phi) is 1380. The van der Waals surface area contributed by atoms with E-state index in [1.807, 2.05) is 13.8 Å². The van der Waals surface area contributed by atoms with Crippen LogP contribution in [0.3, 0.4) is 0 Å². The van der Waals surface area contributed by atoms with Crippen LogP contribution in [0.25, 0.3) is 0 Å². The maximum absolute atomic E-state index is 2.00. The van der Waals surface area contributed by atoms with E-state index in [0.29, 0.717) is 0 Å². The number of hydrogen-bond acceptors (Lipinski definition) is 0. The average Bonchev–Trinajstić information content (AvgIpc) is 1.00. The smallest absolute Gasteiger partial charge is 2.00 e. The minimum atomic E-state index is 0. The van der Waals surface area contributed by atoms with Gasteiger partial charge in [0.2, 0.25) is 0 Å². The van der Waals surface area contributed by atoms with Gasteiger partial charge in [0.15, 0.2) is 0 Å². The van der Waals surface area contributed by atoms with Gasteiger partial charge in [-0.05, 0) is 0 Å². The molecule has 0 atom stereocenters. The molecule has 0 heterocycles. The Morgan fingerprint density at radius 3 is 0.800 bits per heavy atom. The molecule has 0 N–H and O–H groups in total. The van der Waals surface area contributed by atoms with Gasteiger partial charge in [0.1, 0.15) is 0 Å². The normalized spacial score (nSPS) is 1.20. The van der Waals surface area contributed by atoms with E-state index >= 15 is 0 Å². The first-order valence-electron chi connectivity index (χ1n) is 1.00. The van der Waals surface area contributed by atoms with Crippen molar-refractivity contribution in [3.05, 3.63) is 0 Å². The molecule has 0 aliphatic heterocycles. The van der Waals surface area contributed by atoms with Crippen molar-refractivity contribution in [2.45, 2.75) is 13.8 Å². The average molecular weight is 110 g/mol. The zero-order valence-corrected chi connectivity index (χ0v) is 4.88. The summed E-state index contributed by atoms with van der Waals surface area (Å²) in [6, 6.07) is 0. The van der Waals surface area contributed by atoms with E-state index < -0.39 is 0 Å². The summed E-state index contributed by atoms with van der Waals surface area (Å²) in [5.41, 5.74) is 0. The monoisotopic (exact) mass is 110 g/mol. The van der Waals surface area contributed by atoms with Crippen molar-refractivity contribution in [3.8, 4) is 0 Å². The predicted molar refractivity (Wildman–Crippen MR) is 12.7 cm³/mol. The van der Waals surface area contributed by atoms with Crippen LogP contribution in [0.5, 0.6) is 0 Å². The summed E-state index contributed by atoms with van der Waals surface area (Å²) in [4.78, 5) is 0. The van der Waals surface area contributed by atoms with Gasteiger partial charge in [-0.25, -0.2) is 0 Å². The van der Waals surface area contributed by atoms with Gasteiger partial charge >= 0.3 is 21.7 Å². The van der Waals surface area contributed by atoms with Crippen molar-refractivity contribution in [3.63, 3.8) is 0 Å². The zero-order valence-electron chi connectivity index (χ0n) is 3.32. The van der Waals surface area contributed by atoms with Crippen LogP contribution in [0.2, 0.25) is 0 Å². The molecular formula is C2H6O2Ti. The predicted octanol–water partition coefficient (Wildman–Crippen LogP) is 0.786. The SMILES string of the molecule is CC.[O-2].[O-2].[Ti+4]. The second-order valence-electron chi connectivity index (χ2n) is 0. The molecule has 0 saturated heterocycles. The standard InChI is InChI=1S/C2H6.2O.Ti/c1-2;;;/h1-2H3;;;/q;2*-2;+4. The van der Waals surface area contributed by atoms with Gasteiger partial charge in [-0.1, -0.05) is 13.8 Å². The molecule has 2 nitrogen and oxygen atoms in total. The van der Waals surface area contributed by atoms with E-state index in [1.165, 1.54) is 0 Å². The van der Waals surface area contributed by atoms with Crippen LogP contribution in [0.15, 0.2) is 0 Å². The van der Waals surface area contributed by atoms with Crippen LogP contribution in [0, 0.1) is 0 Å². The second-order valence-corrected chi connectivity index (χ2v) is 0. The molecule has 5 heavy (non-hydrogen) atoms. The van der Waals surface area contributed by atoms with Crippen molar-refractivity contribution in [2.75, 3.05) is 0 Å². The molecule has 0 fully saturated rings. The van der Waals surface area contributed by atoms with Gasteiger partial charge < -0.3 is 11.0 Å². The van der Waals surface area contributed by atoms with E-state index in [9.17, 15) is 0 Å². The summed E-state index contributed by atoms with van der Waals surface area (Å²) in [6.07, 6.45) is 0. The van der Waals surface area contributed by atoms with Crippen LogP contribution in [-0.4, -0.2) is 0 Å². The zero-order chi connectivity index (χ0) is 2.00. The third-order valence-corrected chi connectivity index (χ3v) is 0. The third kappa shape index (κ3) is 79.9. The summed E-state index contributed by atoms with van der Waals surface area (Å²) >= 11 is 0. The Morgan fingerprint density at radius 2 is 0.800 bits per heavy atom. The van der Waals surface area contributed by atoms with Gasteiger partial charge in [-0.15, -0.1) is 0 Å². The number of rotatable bonds is 0. The largest absolute Gasteiger partial charge is 4.00 e. The topological polar surface area (TPSA) is 57.0 Å². The van der Waals surface area contributed by atoms with Crippen LogP contribution < -0.4 is 0 Å². The first-order chi connectivity index (χ1) is 1.00. The van der Waals surface area contributed by atoms with Gasteiger partial charge in [-0.3, -0.25) is 0 Å². The van der Waals surface area contributed by atoms with Crippen LogP contribution >= 0.6 is 0 Å². The fourth-order valence-corrected chi connectivity index (χ4v) is 0. The second kappa shape index (κ2) is 152. The first-order valence-corrected chi connectivity index (χ1v) is 1.00. The van der Waals surface area contributed by atoms with Gasteiger partial charge in [0.05, 0.1) is 0 Å². The van der Waals surface area contributed by atoms with Crippen molar-refractivity contribution in [1.82, 2.24) is 0 Å². The Labute approximate surface area is 47.1 Å². The fourth-order valence-electron chi connectivity index (χ4n) is 0. The van der Waals surface area contributed by atoms with Crippen molar-refractivity contribution in [2.24, 2.45) is 0 Å². The molecule has 0 spiro atoms. The van der Waals surface area contributed by atoms with Crippen molar-refractivity contribution < 1.29 is 32.7 Å². The molecule has 0 aliphatic carbocycles. The van der Waals surface area contributed by atoms with E-state index in [2.05, 4.69) is 0 Å². The molecule has 0 amide bonds. The molecule has 0 radical (unpaired) electrons. The van der Waals surface area contributed by atoms with Crippen LogP contribution in [0.4, 0.5) is 0 Å². The molecule has 30 valence electrons. The van der Waals surface area contributed by atoms with Crippen molar-refractivity contribution in [1.29, 1.82) is 0 Å². The van der Waals surface area contributed by atoms with Crippen molar-refractivity contribution >= 4 is 0 Å². The van der Waals surface area contributed by atoms with Gasteiger partial charge in [0.25, 0.3) is 0 Å². The first kappa shape index (κ1) is 45.3. The quantitative estimate of drug-likeness (QED) is 0.414. The maximum Gasteiger partial charge on any atom is 4.00 e. The minimum absolute atomic E-state index is 0. The molecule has 0 aliphatic rings. The molecule has 3 heteroatoms. The Balaban J connectivity index is -0.00000000167. The maximum atomic E-state index is 2.00. The molecule has 0 rings (SSSR count). The van der Waals surface area contributed by atoms with Crippen LogP contribution in [0.1, 0.15) is 13.8 Å². The van der Waals surface area contributed by atoms with Crippen LogP contribution in [-0.2, 0) is 32.7 Å². The molecule has 0 aromatic heterocycles. The fraction of sp³-hybridized carbons (Fsp3) is 1.00. The Hall–Kier alpha value is 0.634. The molecular weight excluding hydrogens is 104 g/mol. The van der Waals surface area contributed by atoms with Gasteiger partial charge in [0, 0.05) is 0 Å². The Bertz CT molecular complexity index is 7.61.